The molecule has 0 fully saturated rings. The number of halogens is 1. The van der Waals surface area contributed by atoms with Gasteiger partial charge < -0.3 is 4.57 Å². The minimum Gasteiger partial charge on any atom is -0.328 e. The number of hydrogen-bond donors (Lipinski definition) is 0. The topological polar surface area (TPSA) is 92.0 Å². The first-order valence-electron chi connectivity index (χ1n) is 7.78. The average Bonchev–Trinajstić information content (AvgIpc) is 3.14. The van der Waals surface area contributed by atoms with Gasteiger partial charge in [-0.15, -0.1) is 10.2 Å². The summed E-state index contributed by atoms with van der Waals surface area (Å²) in [5.41, 5.74) is 1.22. The van der Waals surface area contributed by atoms with Crippen LogP contribution in [0.25, 0.3) is 39.0 Å². The molecule has 0 bridgehead atoms. The third-order valence-electron chi connectivity index (χ3n) is 4.80. The van der Waals surface area contributed by atoms with Crippen LogP contribution < -0.4 is 11.2 Å². The molecular formula is C16H12FN7O2. The summed E-state index contributed by atoms with van der Waals surface area (Å²) >= 11 is 0. The van der Waals surface area contributed by atoms with Crippen molar-refractivity contribution in [1.29, 1.82) is 0 Å². The second-order valence-electron chi connectivity index (χ2n) is 6.22. The molecule has 0 aliphatic rings. The molecule has 0 spiro atoms. The van der Waals surface area contributed by atoms with Crippen molar-refractivity contribution < 1.29 is 4.39 Å². The van der Waals surface area contributed by atoms with Gasteiger partial charge in [0.2, 0.25) is 0 Å². The fourth-order valence-electron chi connectivity index (χ4n) is 3.48. The van der Waals surface area contributed by atoms with E-state index in [-0.39, 0.29) is 22.8 Å². The van der Waals surface area contributed by atoms with Gasteiger partial charge in [0.25, 0.3) is 11.3 Å². The van der Waals surface area contributed by atoms with Gasteiger partial charge in [0, 0.05) is 26.5 Å². The van der Waals surface area contributed by atoms with E-state index in [2.05, 4.69) is 15.2 Å². The first-order valence-corrected chi connectivity index (χ1v) is 7.78. The van der Waals surface area contributed by atoms with Crippen molar-refractivity contribution in [2.45, 2.75) is 0 Å². The van der Waals surface area contributed by atoms with Crippen molar-refractivity contribution in [3.05, 3.63) is 44.9 Å². The second-order valence-corrected chi connectivity index (χ2v) is 6.22. The second kappa shape index (κ2) is 4.54. The number of hydrogen-bond acceptors (Lipinski definition) is 5. The van der Waals surface area contributed by atoms with Gasteiger partial charge in [-0.05, 0) is 18.2 Å². The molecule has 0 aliphatic carbocycles. The Morgan fingerprint density at radius 1 is 1.00 bits per heavy atom. The third kappa shape index (κ3) is 1.56. The molecule has 5 aromatic rings. The number of imidazole rings is 1. The molecule has 9 nitrogen and oxygen atoms in total. The van der Waals surface area contributed by atoms with Crippen LogP contribution in [-0.4, -0.2) is 33.3 Å². The number of aryl methyl sites for hydroxylation is 2. The molecule has 0 saturated carbocycles. The lowest BCUT2D eigenvalue weighted by molar-refractivity contribution is 0.629. The lowest BCUT2D eigenvalue weighted by Crippen LogP contribution is -2.37. The van der Waals surface area contributed by atoms with E-state index in [1.807, 2.05) is 0 Å². The highest BCUT2D eigenvalue weighted by Crippen LogP contribution is 2.28. The Labute approximate surface area is 143 Å². The highest BCUT2D eigenvalue weighted by molar-refractivity contribution is 6.05. The molecule has 0 unspecified atom stereocenters. The van der Waals surface area contributed by atoms with Crippen LogP contribution in [-0.2, 0) is 21.1 Å². The monoisotopic (exact) mass is 353 g/mol. The molecule has 0 atom stereocenters. The Balaban J connectivity index is 2.19. The van der Waals surface area contributed by atoms with E-state index >= 15 is 0 Å². The van der Waals surface area contributed by atoms with Crippen molar-refractivity contribution in [2.24, 2.45) is 21.1 Å². The molecule has 0 saturated heterocycles. The van der Waals surface area contributed by atoms with Crippen LogP contribution in [0.4, 0.5) is 4.39 Å². The van der Waals surface area contributed by atoms with E-state index < -0.39 is 11.2 Å². The first-order chi connectivity index (χ1) is 12.4. The average molecular weight is 353 g/mol. The molecule has 0 aliphatic heterocycles. The quantitative estimate of drug-likeness (QED) is 0.403. The van der Waals surface area contributed by atoms with E-state index in [0.717, 1.165) is 10.1 Å². The maximum atomic E-state index is 13.7. The van der Waals surface area contributed by atoms with Gasteiger partial charge in [0.05, 0.1) is 5.52 Å². The molecule has 0 N–H and O–H groups in total. The summed E-state index contributed by atoms with van der Waals surface area (Å²) in [6.07, 6.45) is 0. The number of fused-ring (bicyclic) bond motifs is 7. The Bertz CT molecular complexity index is 1520. The Morgan fingerprint density at radius 3 is 2.54 bits per heavy atom. The van der Waals surface area contributed by atoms with E-state index in [1.165, 1.54) is 30.8 Å². The fourth-order valence-corrected chi connectivity index (χ4v) is 3.48. The summed E-state index contributed by atoms with van der Waals surface area (Å²) in [5.74, 6) is -0.196. The highest BCUT2D eigenvalue weighted by Gasteiger charge is 2.21. The van der Waals surface area contributed by atoms with E-state index in [0.29, 0.717) is 16.6 Å². The standard InChI is InChI=1S/C16H12FN7O2/c1-21-9-5-4-7(17)6-8(9)10-13(21)24-11-12(18-15(24)20-19-10)22(2)16(26)23(3)14(11)25/h4-6H,1-3H3. The van der Waals surface area contributed by atoms with Gasteiger partial charge in [0.1, 0.15) is 17.0 Å². The van der Waals surface area contributed by atoms with Crippen LogP contribution in [0, 0.1) is 5.82 Å². The van der Waals surface area contributed by atoms with Crippen LogP contribution in [0.1, 0.15) is 0 Å². The van der Waals surface area contributed by atoms with Crippen LogP contribution in [0.5, 0.6) is 0 Å². The van der Waals surface area contributed by atoms with Crippen molar-refractivity contribution in [3.8, 4) is 0 Å². The maximum Gasteiger partial charge on any atom is 0.332 e. The molecule has 130 valence electrons. The fraction of sp³-hybridized carbons (Fsp3) is 0.188. The zero-order valence-corrected chi connectivity index (χ0v) is 14.1. The van der Waals surface area contributed by atoms with Crippen LogP contribution >= 0.6 is 0 Å². The van der Waals surface area contributed by atoms with Crippen LogP contribution in [0.15, 0.2) is 27.8 Å². The lowest BCUT2D eigenvalue weighted by Gasteiger charge is -2.04. The minimum absolute atomic E-state index is 0.192. The van der Waals surface area contributed by atoms with E-state index in [1.54, 1.807) is 22.1 Å². The SMILES string of the molecule is Cn1c(=O)c2c(nc3nnc4c5cc(F)ccc5n(C)c4n32)n(C)c1=O. The molecule has 0 amide bonds. The van der Waals surface area contributed by atoms with Gasteiger partial charge in [-0.2, -0.15) is 4.98 Å². The molecule has 1 aromatic carbocycles. The highest BCUT2D eigenvalue weighted by atomic mass is 19.1. The van der Waals surface area contributed by atoms with Crippen molar-refractivity contribution in [3.63, 3.8) is 0 Å². The Kier molecular flexibility index (Phi) is 2.57. The predicted octanol–water partition coefficient (Wildman–Crippen LogP) is 0.459. The largest absolute Gasteiger partial charge is 0.332 e. The van der Waals surface area contributed by atoms with Gasteiger partial charge in [-0.25, -0.2) is 9.18 Å². The molecule has 26 heavy (non-hydrogen) atoms. The third-order valence-corrected chi connectivity index (χ3v) is 4.80. The molecular weight excluding hydrogens is 341 g/mol. The molecule has 10 heteroatoms. The zero-order valence-electron chi connectivity index (χ0n) is 14.1. The van der Waals surface area contributed by atoms with E-state index in [4.69, 9.17) is 0 Å². The van der Waals surface area contributed by atoms with Crippen molar-refractivity contribution in [1.82, 2.24) is 33.3 Å². The van der Waals surface area contributed by atoms with Crippen LogP contribution in [0.3, 0.4) is 0 Å². The number of nitrogens with zero attached hydrogens (tertiary/aromatic N) is 7. The molecule has 4 heterocycles. The lowest BCUT2D eigenvalue weighted by atomic mass is 10.2. The normalized spacial score (nSPS) is 12.2. The number of benzene rings is 1. The molecule has 4 aromatic heterocycles. The smallest absolute Gasteiger partial charge is 0.328 e. The first kappa shape index (κ1) is 14.8. The number of rotatable bonds is 0. The van der Waals surface area contributed by atoms with Gasteiger partial charge >= 0.3 is 5.69 Å². The predicted molar refractivity (Wildman–Crippen MR) is 92.7 cm³/mol. The summed E-state index contributed by atoms with van der Waals surface area (Å²) in [6, 6.07) is 4.39. The molecule has 0 radical (unpaired) electrons. The van der Waals surface area contributed by atoms with Gasteiger partial charge in [-0.3, -0.25) is 18.3 Å². The maximum absolute atomic E-state index is 13.7. The van der Waals surface area contributed by atoms with Gasteiger partial charge in [0.15, 0.2) is 11.2 Å². The van der Waals surface area contributed by atoms with E-state index in [9.17, 15) is 14.0 Å². The summed E-state index contributed by atoms with van der Waals surface area (Å²) in [6.45, 7) is 0. The van der Waals surface area contributed by atoms with Crippen molar-refractivity contribution >= 4 is 39.0 Å². The Hall–Kier alpha value is -3.56. The van der Waals surface area contributed by atoms with Crippen LogP contribution in [0.2, 0.25) is 0 Å². The minimum atomic E-state index is -0.485. The van der Waals surface area contributed by atoms with Crippen molar-refractivity contribution in [2.75, 3.05) is 0 Å². The summed E-state index contributed by atoms with van der Waals surface area (Å²) in [5, 5.41) is 8.85. The zero-order chi connectivity index (χ0) is 18.3. The van der Waals surface area contributed by atoms with Gasteiger partial charge in [-0.1, -0.05) is 0 Å². The molecule has 5 rings (SSSR count). The summed E-state index contributed by atoms with van der Waals surface area (Å²) < 4.78 is 19.4. The summed E-state index contributed by atoms with van der Waals surface area (Å²) in [4.78, 5) is 29.3. The summed E-state index contributed by atoms with van der Waals surface area (Å²) in [7, 11) is 4.74. The Morgan fingerprint density at radius 2 is 1.77 bits per heavy atom. The number of aromatic nitrogens is 7.